The summed E-state index contributed by atoms with van der Waals surface area (Å²) in [5, 5.41) is 14.8. The average Bonchev–Trinajstić information content (AvgIpc) is 3.21. The molecular weight excluding hydrogens is 256 g/mol. The molecule has 0 aliphatic heterocycles. The Morgan fingerprint density at radius 3 is 2.50 bits per heavy atom. The molecule has 0 radical (unpaired) electrons. The van der Waals surface area contributed by atoms with E-state index in [9.17, 15) is 9.59 Å². The second kappa shape index (κ2) is 6.52. The normalized spacial score (nSPS) is 15.5. The number of aliphatic hydroxyl groups excluding tert-OH is 1. The van der Waals surface area contributed by atoms with Gasteiger partial charge in [0.25, 0.3) is 5.91 Å². The fourth-order valence-corrected chi connectivity index (χ4v) is 1.76. The lowest BCUT2D eigenvalue weighted by molar-refractivity contribution is -0.116. The van der Waals surface area contributed by atoms with E-state index in [2.05, 4.69) is 10.6 Å². The van der Waals surface area contributed by atoms with Crippen LogP contribution in [0.1, 0.15) is 43.0 Å². The van der Waals surface area contributed by atoms with Gasteiger partial charge in [0.05, 0.1) is 6.10 Å². The van der Waals surface area contributed by atoms with Gasteiger partial charge in [0.1, 0.15) is 0 Å². The first-order valence-corrected chi connectivity index (χ1v) is 6.93. The molecule has 0 spiro atoms. The van der Waals surface area contributed by atoms with Gasteiger partial charge in [-0.25, -0.2) is 0 Å². The summed E-state index contributed by atoms with van der Waals surface area (Å²) in [6.45, 7) is 1.65. The smallest absolute Gasteiger partial charge is 0.251 e. The standard InChI is InChI=1S/C15H20N2O3/c1-10(18)2-9-14(19)16-12-5-3-11(4-6-12)15(20)17-13-7-8-13/h3-6,10,13,18H,2,7-9H2,1H3,(H,16,19)(H,17,20). The van der Waals surface area contributed by atoms with Crippen molar-refractivity contribution in [3.8, 4) is 0 Å². The average molecular weight is 276 g/mol. The molecule has 0 saturated heterocycles. The van der Waals surface area contributed by atoms with Crippen molar-refractivity contribution in [1.29, 1.82) is 0 Å². The third kappa shape index (κ3) is 4.66. The van der Waals surface area contributed by atoms with Crippen LogP contribution in [0.2, 0.25) is 0 Å². The lowest BCUT2D eigenvalue weighted by Crippen LogP contribution is -2.25. The SMILES string of the molecule is CC(O)CCC(=O)Nc1ccc(C(=O)NC2CC2)cc1. The van der Waals surface area contributed by atoms with Crippen molar-refractivity contribution in [2.24, 2.45) is 0 Å². The highest BCUT2D eigenvalue weighted by molar-refractivity contribution is 5.96. The Morgan fingerprint density at radius 1 is 1.30 bits per heavy atom. The second-order valence-corrected chi connectivity index (χ2v) is 5.26. The highest BCUT2D eigenvalue weighted by atomic mass is 16.3. The molecule has 1 aromatic rings. The van der Waals surface area contributed by atoms with Crippen molar-refractivity contribution < 1.29 is 14.7 Å². The molecular formula is C15H20N2O3. The Labute approximate surface area is 118 Å². The number of rotatable bonds is 6. The topological polar surface area (TPSA) is 78.4 Å². The van der Waals surface area contributed by atoms with Crippen molar-refractivity contribution in [2.75, 3.05) is 5.32 Å². The molecule has 1 aliphatic rings. The summed E-state index contributed by atoms with van der Waals surface area (Å²) in [6.07, 6.45) is 2.36. The minimum atomic E-state index is -0.478. The van der Waals surface area contributed by atoms with E-state index in [0.717, 1.165) is 12.8 Å². The Morgan fingerprint density at radius 2 is 1.95 bits per heavy atom. The van der Waals surface area contributed by atoms with Crippen LogP contribution in [0.25, 0.3) is 0 Å². The lowest BCUT2D eigenvalue weighted by atomic mass is 10.1. The number of hydrogen-bond donors (Lipinski definition) is 3. The van der Waals surface area contributed by atoms with Crippen LogP contribution in [-0.4, -0.2) is 29.1 Å². The van der Waals surface area contributed by atoms with Gasteiger partial charge in [0.15, 0.2) is 0 Å². The molecule has 0 bridgehead atoms. The van der Waals surface area contributed by atoms with Gasteiger partial charge in [-0.2, -0.15) is 0 Å². The lowest BCUT2D eigenvalue weighted by Gasteiger charge is -2.08. The maximum Gasteiger partial charge on any atom is 0.251 e. The third-order valence-electron chi connectivity index (χ3n) is 3.13. The maximum atomic E-state index is 11.8. The fourth-order valence-electron chi connectivity index (χ4n) is 1.76. The first kappa shape index (κ1) is 14.5. The molecule has 1 unspecified atom stereocenters. The summed E-state index contributed by atoms with van der Waals surface area (Å²) >= 11 is 0. The van der Waals surface area contributed by atoms with Crippen LogP contribution in [0.3, 0.4) is 0 Å². The predicted octanol–water partition coefficient (Wildman–Crippen LogP) is 1.68. The van der Waals surface area contributed by atoms with Gasteiger partial charge in [-0.05, 0) is 50.5 Å². The quantitative estimate of drug-likeness (QED) is 0.739. The first-order chi connectivity index (χ1) is 9.54. The summed E-state index contributed by atoms with van der Waals surface area (Å²) in [5.74, 6) is -0.208. The Balaban J connectivity index is 1.84. The Kier molecular flexibility index (Phi) is 4.74. The largest absolute Gasteiger partial charge is 0.393 e. The Bertz CT molecular complexity index is 478. The van der Waals surface area contributed by atoms with E-state index in [1.54, 1.807) is 31.2 Å². The molecule has 5 heteroatoms. The van der Waals surface area contributed by atoms with Crippen LogP contribution in [0.4, 0.5) is 5.69 Å². The summed E-state index contributed by atoms with van der Waals surface area (Å²) in [6, 6.07) is 7.15. The molecule has 1 saturated carbocycles. The molecule has 2 amide bonds. The summed E-state index contributed by atoms with van der Waals surface area (Å²) in [4.78, 5) is 23.4. The predicted molar refractivity (Wildman–Crippen MR) is 76.5 cm³/mol. The van der Waals surface area contributed by atoms with E-state index in [0.29, 0.717) is 23.7 Å². The maximum absolute atomic E-state index is 11.8. The van der Waals surface area contributed by atoms with Gasteiger partial charge in [0.2, 0.25) is 5.91 Å². The van der Waals surface area contributed by atoms with E-state index in [4.69, 9.17) is 5.11 Å². The fraction of sp³-hybridized carbons (Fsp3) is 0.467. The zero-order chi connectivity index (χ0) is 14.5. The van der Waals surface area contributed by atoms with Gasteiger partial charge in [-0.1, -0.05) is 0 Å². The van der Waals surface area contributed by atoms with Crippen molar-refractivity contribution in [3.05, 3.63) is 29.8 Å². The van der Waals surface area contributed by atoms with Gasteiger partial charge in [0, 0.05) is 23.7 Å². The van der Waals surface area contributed by atoms with Crippen molar-refractivity contribution in [2.45, 2.75) is 44.8 Å². The molecule has 108 valence electrons. The highest BCUT2D eigenvalue weighted by Crippen LogP contribution is 2.19. The third-order valence-corrected chi connectivity index (χ3v) is 3.13. The highest BCUT2D eigenvalue weighted by Gasteiger charge is 2.23. The van der Waals surface area contributed by atoms with E-state index in [1.165, 1.54) is 0 Å². The number of carbonyl (C=O) groups is 2. The minimum Gasteiger partial charge on any atom is -0.393 e. The van der Waals surface area contributed by atoms with E-state index in [1.807, 2.05) is 0 Å². The zero-order valence-electron chi connectivity index (χ0n) is 11.6. The van der Waals surface area contributed by atoms with Crippen LogP contribution in [0, 0.1) is 0 Å². The van der Waals surface area contributed by atoms with Crippen LogP contribution < -0.4 is 10.6 Å². The van der Waals surface area contributed by atoms with Crippen LogP contribution in [0.15, 0.2) is 24.3 Å². The molecule has 1 aliphatic carbocycles. The summed E-state index contributed by atoms with van der Waals surface area (Å²) in [7, 11) is 0. The molecule has 1 fully saturated rings. The number of nitrogens with one attached hydrogen (secondary N) is 2. The second-order valence-electron chi connectivity index (χ2n) is 5.26. The molecule has 1 atom stereocenters. The number of anilines is 1. The van der Waals surface area contributed by atoms with Crippen molar-refractivity contribution >= 4 is 17.5 Å². The van der Waals surface area contributed by atoms with Crippen LogP contribution >= 0.6 is 0 Å². The van der Waals surface area contributed by atoms with Gasteiger partial charge < -0.3 is 15.7 Å². The summed E-state index contributed by atoms with van der Waals surface area (Å²) in [5.41, 5.74) is 1.25. The summed E-state index contributed by atoms with van der Waals surface area (Å²) < 4.78 is 0. The molecule has 0 heterocycles. The molecule has 1 aromatic carbocycles. The molecule has 20 heavy (non-hydrogen) atoms. The number of carbonyl (C=O) groups excluding carboxylic acids is 2. The van der Waals surface area contributed by atoms with Gasteiger partial charge in [-0.15, -0.1) is 0 Å². The minimum absolute atomic E-state index is 0.0699. The van der Waals surface area contributed by atoms with Crippen molar-refractivity contribution in [1.82, 2.24) is 5.32 Å². The molecule has 3 N–H and O–H groups in total. The zero-order valence-corrected chi connectivity index (χ0v) is 11.6. The molecule has 2 rings (SSSR count). The van der Waals surface area contributed by atoms with E-state index in [-0.39, 0.29) is 18.2 Å². The van der Waals surface area contributed by atoms with Crippen molar-refractivity contribution in [3.63, 3.8) is 0 Å². The molecule has 0 aromatic heterocycles. The monoisotopic (exact) mass is 276 g/mol. The Hall–Kier alpha value is -1.88. The van der Waals surface area contributed by atoms with Crippen LogP contribution in [0.5, 0.6) is 0 Å². The van der Waals surface area contributed by atoms with Gasteiger partial charge in [-0.3, -0.25) is 9.59 Å². The number of hydrogen-bond acceptors (Lipinski definition) is 3. The molecule has 5 nitrogen and oxygen atoms in total. The van der Waals surface area contributed by atoms with Gasteiger partial charge >= 0.3 is 0 Å². The first-order valence-electron chi connectivity index (χ1n) is 6.93. The van der Waals surface area contributed by atoms with Crippen LogP contribution in [-0.2, 0) is 4.79 Å². The number of amides is 2. The van der Waals surface area contributed by atoms with E-state index >= 15 is 0 Å². The number of aliphatic hydroxyl groups is 1. The number of benzene rings is 1. The van der Waals surface area contributed by atoms with E-state index < -0.39 is 6.10 Å².